The molecule has 120 valence electrons. The van der Waals surface area contributed by atoms with Crippen molar-refractivity contribution >= 4 is 36.5 Å². The van der Waals surface area contributed by atoms with E-state index in [1.165, 1.54) is 11.7 Å². The Morgan fingerprint density at radius 3 is 1.20 bits per heavy atom. The molecule has 2 aliphatic rings. The SMILES string of the molecule is CC1CN=C(C(C)C)N1.CC1CN=C(C(C)C)N1.Cl.Cl. The van der Waals surface area contributed by atoms with Crippen LogP contribution in [0.25, 0.3) is 0 Å². The molecule has 0 spiro atoms. The number of hydrogen-bond acceptors (Lipinski definition) is 4. The minimum absolute atomic E-state index is 0. The quantitative estimate of drug-likeness (QED) is 0.820. The Balaban J connectivity index is 0. The number of rotatable bonds is 2. The van der Waals surface area contributed by atoms with Gasteiger partial charge in [-0.2, -0.15) is 0 Å². The van der Waals surface area contributed by atoms with Crippen LogP contribution in [-0.2, 0) is 0 Å². The van der Waals surface area contributed by atoms with E-state index in [0.717, 1.165) is 13.1 Å². The summed E-state index contributed by atoms with van der Waals surface area (Å²) in [7, 11) is 0. The van der Waals surface area contributed by atoms with Crippen LogP contribution in [0.3, 0.4) is 0 Å². The van der Waals surface area contributed by atoms with E-state index < -0.39 is 0 Å². The van der Waals surface area contributed by atoms with Crippen LogP contribution < -0.4 is 10.6 Å². The molecule has 0 amide bonds. The van der Waals surface area contributed by atoms with Gasteiger partial charge in [0.15, 0.2) is 0 Å². The summed E-state index contributed by atoms with van der Waals surface area (Å²) in [6, 6.07) is 1.12. The molecule has 0 radical (unpaired) electrons. The molecule has 2 unspecified atom stereocenters. The number of amidine groups is 2. The van der Waals surface area contributed by atoms with Crippen molar-refractivity contribution in [3.05, 3.63) is 0 Å². The van der Waals surface area contributed by atoms with Crippen molar-refractivity contribution in [1.29, 1.82) is 0 Å². The number of hydrogen-bond donors (Lipinski definition) is 2. The maximum atomic E-state index is 4.32. The molecule has 2 atom stereocenters. The van der Waals surface area contributed by atoms with Gasteiger partial charge in [0.1, 0.15) is 0 Å². The third-order valence-corrected chi connectivity index (χ3v) is 2.95. The molecule has 0 aromatic rings. The van der Waals surface area contributed by atoms with E-state index in [9.17, 15) is 0 Å². The molecule has 20 heavy (non-hydrogen) atoms. The fourth-order valence-corrected chi connectivity index (χ4v) is 1.86. The zero-order valence-corrected chi connectivity index (χ0v) is 15.1. The molecular formula is C14H30Cl2N4. The molecule has 4 nitrogen and oxygen atoms in total. The van der Waals surface area contributed by atoms with Crippen LogP contribution in [0, 0.1) is 11.8 Å². The Bertz CT molecular complexity index is 295. The van der Waals surface area contributed by atoms with Crippen LogP contribution in [0.4, 0.5) is 0 Å². The zero-order chi connectivity index (χ0) is 13.7. The second-order valence-electron chi connectivity index (χ2n) is 5.85. The van der Waals surface area contributed by atoms with E-state index in [2.05, 4.69) is 62.2 Å². The van der Waals surface area contributed by atoms with Crippen LogP contribution >= 0.6 is 24.8 Å². The van der Waals surface area contributed by atoms with E-state index >= 15 is 0 Å². The van der Waals surface area contributed by atoms with E-state index in [1.54, 1.807) is 0 Å². The first-order valence-corrected chi connectivity index (χ1v) is 7.01. The lowest BCUT2D eigenvalue weighted by Crippen LogP contribution is -2.30. The standard InChI is InChI=1S/2C7H14N2.2ClH/c2*1-5(2)7-8-4-6(3)9-7;;/h2*5-6H,4H2,1-3H3,(H,8,9);2*1H. The number of nitrogens with one attached hydrogen (secondary N) is 2. The van der Waals surface area contributed by atoms with Gasteiger partial charge in [-0.15, -0.1) is 24.8 Å². The lowest BCUT2D eigenvalue weighted by molar-refractivity contribution is 0.708. The van der Waals surface area contributed by atoms with Crippen LogP contribution in [0.5, 0.6) is 0 Å². The molecule has 2 rings (SSSR count). The fourth-order valence-electron chi connectivity index (χ4n) is 1.86. The summed E-state index contributed by atoms with van der Waals surface area (Å²) in [5, 5.41) is 6.61. The fraction of sp³-hybridized carbons (Fsp3) is 0.857. The van der Waals surface area contributed by atoms with Crippen LogP contribution in [0.1, 0.15) is 41.5 Å². The number of nitrogens with zero attached hydrogens (tertiary/aromatic N) is 2. The smallest absolute Gasteiger partial charge is 0.0992 e. The first-order chi connectivity index (χ1) is 8.40. The summed E-state index contributed by atoms with van der Waals surface area (Å²) in [4.78, 5) is 8.64. The molecule has 0 aromatic carbocycles. The number of halogens is 2. The molecule has 0 bridgehead atoms. The van der Waals surface area contributed by atoms with E-state index in [-0.39, 0.29) is 24.8 Å². The van der Waals surface area contributed by atoms with Gasteiger partial charge in [0.25, 0.3) is 0 Å². The highest BCUT2D eigenvalue weighted by Crippen LogP contribution is 2.03. The topological polar surface area (TPSA) is 48.8 Å². The highest BCUT2D eigenvalue weighted by atomic mass is 35.5. The van der Waals surface area contributed by atoms with Gasteiger partial charge in [0.2, 0.25) is 0 Å². The molecule has 0 saturated heterocycles. The van der Waals surface area contributed by atoms with Crippen molar-refractivity contribution < 1.29 is 0 Å². The third-order valence-electron chi connectivity index (χ3n) is 2.95. The lowest BCUT2D eigenvalue weighted by atomic mass is 10.2. The van der Waals surface area contributed by atoms with Gasteiger partial charge in [-0.05, 0) is 13.8 Å². The summed E-state index contributed by atoms with van der Waals surface area (Å²) in [5.74, 6) is 3.47. The monoisotopic (exact) mass is 324 g/mol. The molecular weight excluding hydrogens is 295 g/mol. The van der Waals surface area contributed by atoms with Gasteiger partial charge in [0, 0.05) is 23.9 Å². The van der Waals surface area contributed by atoms with E-state index in [1.807, 2.05) is 0 Å². The van der Waals surface area contributed by atoms with Crippen molar-refractivity contribution in [2.24, 2.45) is 21.8 Å². The van der Waals surface area contributed by atoms with Crippen molar-refractivity contribution in [2.45, 2.75) is 53.6 Å². The summed E-state index contributed by atoms with van der Waals surface area (Å²) in [6.45, 7) is 14.8. The Labute approximate surface area is 136 Å². The normalized spacial score (nSPS) is 23.6. The van der Waals surface area contributed by atoms with E-state index in [0.29, 0.717) is 23.9 Å². The van der Waals surface area contributed by atoms with Gasteiger partial charge < -0.3 is 10.6 Å². The lowest BCUT2D eigenvalue weighted by Gasteiger charge is -2.07. The summed E-state index contributed by atoms with van der Waals surface area (Å²) < 4.78 is 0. The second-order valence-corrected chi connectivity index (χ2v) is 5.85. The number of aliphatic imine (C=N–C) groups is 2. The molecule has 0 aliphatic carbocycles. The van der Waals surface area contributed by atoms with Gasteiger partial charge in [-0.25, -0.2) is 0 Å². The maximum Gasteiger partial charge on any atom is 0.0992 e. The summed E-state index contributed by atoms with van der Waals surface area (Å²) in [6.07, 6.45) is 0. The highest BCUT2D eigenvalue weighted by molar-refractivity contribution is 5.86. The van der Waals surface area contributed by atoms with Crippen LogP contribution in [-0.4, -0.2) is 36.8 Å². The van der Waals surface area contributed by atoms with Gasteiger partial charge >= 0.3 is 0 Å². The van der Waals surface area contributed by atoms with Crippen molar-refractivity contribution in [2.75, 3.05) is 13.1 Å². The first kappa shape index (κ1) is 21.8. The van der Waals surface area contributed by atoms with Gasteiger partial charge in [-0.1, -0.05) is 27.7 Å². The predicted octanol–water partition coefficient (Wildman–Crippen LogP) is 2.91. The van der Waals surface area contributed by atoms with Crippen molar-refractivity contribution in [3.63, 3.8) is 0 Å². The molecule has 0 aromatic heterocycles. The molecule has 6 heteroatoms. The second kappa shape index (κ2) is 10.3. The van der Waals surface area contributed by atoms with Gasteiger partial charge in [-0.3, -0.25) is 9.98 Å². The average molecular weight is 325 g/mol. The summed E-state index contributed by atoms with van der Waals surface area (Å²) in [5.41, 5.74) is 0. The Hall–Kier alpha value is -0.480. The summed E-state index contributed by atoms with van der Waals surface area (Å²) >= 11 is 0. The Morgan fingerprint density at radius 1 is 0.800 bits per heavy atom. The highest BCUT2D eigenvalue weighted by Gasteiger charge is 2.14. The van der Waals surface area contributed by atoms with Crippen LogP contribution in [0.15, 0.2) is 9.98 Å². The zero-order valence-electron chi connectivity index (χ0n) is 13.4. The predicted molar refractivity (Wildman–Crippen MR) is 94.0 cm³/mol. The van der Waals surface area contributed by atoms with Crippen molar-refractivity contribution in [3.8, 4) is 0 Å². The Kier molecular flexibility index (Phi) is 11.2. The average Bonchev–Trinajstić information content (AvgIpc) is 2.88. The van der Waals surface area contributed by atoms with E-state index in [4.69, 9.17) is 0 Å². The molecule has 0 fully saturated rings. The molecule has 2 heterocycles. The Morgan fingerprint density at radius 2 is 1.10 bits per heavy atom. The minimum Gasteiger partial charge on any atom is -0.369 e. The third kappa shape index (κ3) is 7.34. The van der Waals surface area contributed by atoms with Crippen LogP contribution in [0.2, 0.25) is 0 Å². The first-order valence-electron chi connectivity index (χ1n) is 7.01. The van der Waals surface area contributed by atoms with Gasteiger partial charge in [0.05, 0.1) is 24.8 Å². The molecule has 0 saturated carbocycles. The molecule has 2 N–H and O–H groups in total. The maximum absolute atomic E-state index is 4.32. The largest absolute Gasteiger partial charge is 0.369 e. The van der Waals surface area contributed by atoms with Crippen molar-refractivity contribution in [1.82, 2.24) is 10.6 Å². The minimum atomic E-state index is 0. The molecule has 2 aliphatic heterocycles.